The van der Waals surface area contributed by atoms with Gasteiger partial charge in [-0.1, -0.05) is 0 Å². The number of nitrogens with zero attached hydrogens (tertiary/aromatic N) is 3. The Morgan fingerprint density at radius 3 is 2.58 bits per heavy atom. The van der Waals surface area contributed by atoms with E-state index < -0.39 is 0 Å². The largest absolute Gasteiger partial charge is 0.299 e. The molecule has 12 heavy (non-hydrogen) atoms. The zero-order valence-corrected chi connectivity index (χ0v) is 8.37. The van der Waals surface area contributed by atoms with Crippen LogP contribution in [0.5, 0.6) is 0 Å². The number of carbonyl (C=O) groups is 1. The summed E-state index contributed by atoms with van der Waals surface area (Å²) in [5.74, 6) is 0.484. The summed E-state index contributed by atoms with van der Waals surface area (Å²) in [7, 11) is 1.65. The van der Waals surface area contributed by atoms with E-state index in [1.165, 1.54) is 18.0 Å². The van der Waals surface area contributed by atoms with Crippen molar-refractivity contribution in [3.63, 3.8) is 0 Å². The normalized spacial score (nSPS) is 9.58. The zero-order valence-electron chi connectivity index (χ0n) is 6.78. The fourth-order valence-corrected chi connectivity index (χ4v) is 0.845. The van der Waals surface area contributed by atoms with Gasteiger partial charge in [-0.15, -0.1) is 0 Å². The predicted octanol–water partition coefficient (Wildman–Crippen LogP) is 1.22. The van der Waals surface area contributed by atoms with Gasteiger partial charge in [0.05, 0.1) is 12.4 Å². The number of rotatable bonds is 1. The number of halogens is 1. The molecule has 0 N–H and O–H groups in total. The first-order chi connectivity index (χ1) is 5.61. The minimum atomic E-state index is -0.0633. The Bertz CT molecular complexity index is 285. The van der Waals surface area contributed by atoms with Gasteiger partial charge in [0.15, 0.2) is 5.82 Å². The molecule has 5 heteroatoms. The molecule has 0 fully saturated rings. The number of amides is 1. The second kappa shape index (κ2) is 3.62. The molecule has 0 radical (unpaired) electrons. The molecule has 0 aliphatic heterocycles. The van der Waals surface area contributed by atoms with Crippen molar-refractivity contribution in [2.45, 2.75) is 6.92 Å². The molecule has 0 saturated heterocycles. The maximum atomic E-state index is 10.9. The third-order valence-electron chi connectivity index (χ3n) is 1.42. The van der Waals surface area contributed by atoms with Crippen LogP contribution in [0.15, 0.2) is 17.0 Å². The monoisotopic (exact) mass is 229 g/mol. The molecule has 4 nitrogen and oxygen atoms in total. The molecule has 1 aromatic rings. The first-order valence-electron chi connectivity index (χ1n) is 3.33. The van der Waals surface area contributed by atoms with Crippen LogP contribution in [0.4, 0.5) is 5.82 Å². The lowest BCUT2D eigenvalue weighted by molar-refractivity contribution is -0.116. The van der Waals surface area contributed by atoms with Crippen molar-refractivity contribution >= 4 is 27.7 Å². The quantitative estimate of drug-likeness (QED) is 0.728. The minimum Gasteiger partial charge on any atom is -0.299 e. The number of hydrogen-bond donors (Lipinski definition) is 0. The molecular formula is C7H8BrN3O. The average molecular weight is 230 g/mol. The van der Waals surface area contributed by atoms with Gasteiger partial charge in [-0.05, 0) is 15.9 Å². The highest BCUT2D eigenvalue weighted by Crippen LogP contribution is 2.09. The summed E-state index contributed by atoms with van der Waals surface area (Å²) < 4.78 is 0.656. The Labute approximate surface area is 78.8 Å². The van der Waals surface area contributed by atoms with E-state index >= 15 is 0 Å². The summed E-state index contributed by atoms with van der Waals surface area (Å²) in [5.41, 5.74) is 0. The van der Waals surface area contributed by atoms with Crippen LogP contribution < -0.4 is 4.90 Å². The lowest BCUT2D eigenvalue weighted by Gasteiger charge is -2.12. The molecule has 0 atom stereocenters. The fraction of sp³-hybridized carbons (Fsp3) is 0.286. The summed E-state index contributed by atoms with van der Waals surface area (Å²) in [6.07, 6.45) is 3.08. The molecule has 1 rings (SSSR count). The lowest BCUT2D eigenvalue weighted by atomic mass is 10.5. The van der Waals surface area contributed by atoms with Crippen molar-refractivity contribution in [2.75, 3.05) is 11.9 Å². The van der Waals surface area contributed by atoms with E-state index in [0.717, 1.165) is 0 Å². The van der Waals surface area contributed by atoms with Crippen molar-refractivity contribution in [3.8, 4) is 0 Å². The highest BCUT2D eigenvalue weighted by atomic mass is 79.9. The molecule has 0 unspecified atom stereocenters. The van der Waals surface area contributed by atoms with Gasteiger partial charge in [-0.25, -0.2) is 9.97 Å². The number of aromatic nitrogens is 2. The van der Waals surface area contributed by atoms with Crippen molar-refractivity contribution in [2.24, 2.45) is 0 Å². The Hall–Kier alpha value is -0.970. The molecule has 1 aromatic heterocycles. The van der Waals surface area contributed by atoms with Crippen molar-refractivity contribution in [1.29, 1.82) is 0 Å². The highest BCUT2D eigenvalue weighted by molar-refractivity contribution is 9.10. The van der Waals surface area contributed by atoms with Crippen molar-refractivity contribution < 1.29 is 4.79 Å². The second-order valence-electron chi connectivity index (χ2n) is 2.28. The second-order valence-corrected chi connectivity index (χ2v) is 3.09. The minimum absolute atomic E-state index is 0.0633. The van der Waals surface area contributed by atoms with E-state index in [4.69, 9.17) is 0 Å². The Balaban J connectivity index is 2.89. The lowest BCUT2D eigenvalue weighted by Crippen LogP contribution is -2.23. The van der Waals surface area contributed by atoms with Gasteiger partial charge >= 0.3 is 0 Å². The molecule has 64 valence electrons. The summed E-state index contributed by atoms with van der Waals surface area (Å²) in [4.78, 5) is 20.2. The first kappa shape index (κ1) is 9.12. The molecule has 0 saturated carbocycles. The van der Waals surface area contributed by atoms with Crippen molar-refractivity contribution in [1.82, 2.24) is 9.97 Å². The zero-order chi connectivity index (χ0) is 9.14. The van der Waals surface area contributed by atoms with Crippen LogP contribution in [0.1, 0.15) is 6.92 Å². The van der Waals surface area contributed by atoms with Crippen LogP contribution >= 0.6 is 15.9 Å². The fourth-order valence-electron chi connectivity index (χ4n) is 0.640. The first-order valence-corrected chi connectivity index (χ1v) is 4.12. The van der Waals surface area contributed by atoms with Gasteiger partial charge in [0.2, 0.25) is 5.91 Å². The third kappa shape index (κ3) is 2.01. The number of hydrogen-bond acceptors (Lipinski definition) is 3. The average Bonchev–Trinajstić information content (AvgIpc) is 2.04. The van der Waals surface area contributed by atoms with E-state index in [1.54, 1.807) is 13.2 Å². The summed E-state index contributed by atoms with van der Waals surface area (Å²) in [6, 6.07) is 0. The molecule has 0 aliphatic carbocycles. The smallest absolute Gasteiger partial charge is 0.224 e. The Kier molecular flexibility index (Phi) is 2.75. The topological polar surface area (TPSA) is 46.1 Å². The van der Waals surface area contributed by atoms with E-state index in [9.17, 15) is 4.79 Å². The summed E-state index contributed by atoms with van der Waals surface area (Å²) in [5, 5.41) is 0. The third-order valence-corrected chi connectivity index (χ3v) is 1.83. The van der Waals surface area contributed by atoms with E-state index in [1.807, 2.05) is 0 Å². The molecule has 0 bridgehead atoms. The van der Waals surface area contributed by atoms with Crippen LogP contribution in [-0.2, 0) is 4.79 Å². The van der Waals surface area contributed by atoms with Gasteiger partial charge < -0.3 is 0 Å². The molecular weight excluding hydrogens is 222 g/mol. The van der Waals surface area contributed by atoms with Crippen LogP contribution in [0.3, 0.4) is 0 Å². The highest BCUT2D eigenvalue weighted by Gasteiger charge is 2.05. The van der Waals surface area contributed by atoms with Crippen LogP contribution in [0.2, 0.25) is 0 Å². The Morgan fingerprint density at radius 2 is 2.17 bits per heavy atom. The number of anilines is 1. The van der Waals surface area contributed by atoms with Crippen molar-refractivity contribution in [3.05, 3.63) is 17.0 Å². The van der Waals surface area contributed by atoms with Gasteiger partial charge in [-0.2, -0.15) is 0 Å². The van der Waals surface area contributed by atoms with E-state index in [2.05, 4.69) is 25.9 Å². The standard InChI is InChI=1S/C7H8BrN3O/c1-5(12)11(2)7-4-9-6(8)3-10-7/h3-4H,1-2H3. The molecule has 1 amide bonds. The SMILES string of the molecule is CC(=O)N(C)c1cnc(Br)cn1. The van der Waals surface area contributed by atoms with E-state index in [-0.39, 0.29) is 5.91 Å². The molecule has 0 spiro atoms. The van der Waals surface area contributed by atoms with Crippen LogP contribution in [0.25, 0.3) is 0 Å². The van der Waals surface area contributed by atoms with Gasteiger partial charge in [0.25, 0.3) is 0 Å². The maximum Gasteiger partial charge on any atom is 0.224 e. The Morgan fingerprint density at radius 1 is 1.50 bits per heavy atom. The summed E-state index contributed by atoms with van der Waals surface area (Å²) >= 11 is 3.15. The predicted molar refractivity (Wildman–Crippen MR) is 48.8 cm³/mol. The molecule has 0 aromatic carbocycles. The number of carbonyl (C=O) groups excluding carboxylic acids is 1. The van der Waals surface area contributed by atoms with Gasteiger partial charge in [0.1, 0.15) is 4.60 Å². The molecule has 1 heterocycles. The maximum absolute atomic E-state index is 10.9. The van der Waals surface area contributed by atoms with Crippen LogP contribution in [0, 0.1) is 0 Å². The van der Waals surface area contributed by atoms with Gasteiger partial charge in [0, 0.05) is 14.0 Å². The van der Waals surface area contributed by atoms with E-state index in [0.29, 0.717) is 10.4 Å². The van der Waals surface area contributed by atoms with Gasteiger partial charge in [-0.3, -0.25) is 9.69 Å². The molecule has 0 aliphatic rings. The summed E-state index contributed by atoms with van der Waals surface area (Å²) in [6.45, 7) is 1.48. The van der Waals surface area contributed by atoms with Crippen LogP contribution in [-0.4, -0.2) is 22.9 Å².